The summed E-state index contributed by atoms with van der Waals surface area (Å²) in [4.78, 5) is 29.5. The molecule has 4 rings (SSSR count). The van der Waals surface area contributed by atoms with Crippen LogP contribution in [-0.4, -0.2) is 28.3 Å². The second-order valence-corrected chi connectivity index (χ2v) is 11.1. The first-order chi connectivity index (χ1) is 18.2. The highest BCUT2D eigenvalue weighted by Gasteiger charge is 2.32. The molecule has 0 saturated carbocycles. The van der Waals surface area contributed by atoms with Gasteiger partial charge in [-0.05, 0) is 61.6 Å². The van der Waals surface area contributed by atoms with Crippen LogP contribution in [0.25, 0.3) is 10.8 Å². The van der Waals surface area contributed by atoms with Gasteiger partial charge in [0, 0.05) is 24.9 Å². The summed E-state index contributed by atoms with van der Waals surface area (Å²) in [6, 6.07) is 32.0. The molecule has 1 atom stereocenters. The number of hydrogen-bond acceptors (Lipinski definition) is 2. The van der Waals surface area contributed by atoms with E-state index in [9.17, 15) is 9.59 Å². The molecule has 0 fully saturated rings. The van der Waals surface area contributed by atoms with Crippen molar-refractivity contribution in [2.75, 3.05) is 0 Å². The minimum absolute atomic E-state index is 0.0237. The van der Waals surface area contributed by atoms with Gasteiger partial charge in [0.05, 0.1) is 0 Å². The van der Waals surface area contributed by atoms with Crippen LogP contribution in [0.5, 0.6) is 0 Å². The molecule has 0 aliphatic carbocycles. The fourth-order valence-electron chi connectivity index (χ4n) is 4.91. The van der Waals surface area contributed by atoms with Gasteiger partial charge < -0.3 is 10.2 Å². The molecule has 4 heteroatoms. The van der Waals surface area contributed by atoms with Crippen molar-refractivity contribution in [3.05, 3.63) is 119 Å². The Bertz CT molecular complexity index is 1380. The summed E-state index contributed by atoms with van der Waals surface area (Å²) in [6.07, 6.45) is 1.39. The number of amides is 2. The fraction of sp³-hybridized carbons (Fsp3) is 0.294. The lowest BCUT2D eigenvalue weighted by atomic mass is 9.98. The van der Waals surface area contributed by atoms with Crippen LogP contribution >= 0.6 is 0 Å². The van der Waals surface area contributed by atoms with Crippen molar-refractivity contribution in [2.24, 2.45) is 0 Å². The van der Waals surface area contributed by atoms with E-state index in [1.807, 2.05) is 94.4 Å². The third-order valence-corrected chi connectivity index (χ3v) is 6.69. The first kappa shape index (κ1) is 27.1. The van der Waals surface area contributed by atoms with Gasteiger partial charge in [0.25, 0.3) is 0 Å². The number of carbonyl (C=O) groups excluding carboxylic acids is 2. The summed E-state index contributed by atoms with van der Waals surface area (Å²) in [5.41, 5.74) is 3.91. The molecule has 0 aromatic heterocycles. The predicted molar refractivity (Wildman–Crippen MR) is 156 cm³/mol. The molecule has 0 radical (unpaired) electrons. The van der Waals surface area contributed by atoms with E-state index in [0.29, 0.717) is 25.8 Å². The van der Waals surface area contributed by atoms with E-state index in [1.54, 1.807) is 4.90 Å². The maximum absolute atomic E-state index is 14.0. The quantitative estimate of drug-likeness (QED) is 0.277. The van der Waals surface area contributed by atoms with Crippen LogP contribution in [0.15, 0.2) is 97.1 Å². The summed E-state index contributed by atoms with van der Waals surface area (Å²) >= 11 is 0. The fourth-order valence-corrected chi connectivity index (χ4v) is 4.91. The van der Waals surface area contributed by atoms with Crippen LogP contribution in [0.4, 0.5) is 0 Å². The molecular formula is C34H38N2O2. The average molecular weight is 507 g/mol. The number of fused-ring (bicyclic) bond motifs is 1. The summed E-state index contributed by atoms with van der Waals surface area (Å²) in [6.45, 7) is 8.34. The van der Waals surface area contributed by atoms with E-state index in [0.717, 1.165) is 22.3 Å². The standard InChI is InChI=1S/C34H38N2O2/c1-25-12-10-15-27(22-25)24-36(31(33(38)35-34(2,3)4)23-26-13-6-5-7-14-26)32(37)21-20-29-18-11-17-28-16-8-9-19-30(28)29/h5-19,22,31H,20-21,23-24H2,1-4H3,(H,35,38)/t31-/m1/s1. The molecule has 4 aromatic carbocycles. The number of nitrogens with one attached hydrogen (secondary N) is 1. The number of benzene rings is 4. The third kappa shape index (κ3) is 7.32. The molecule has 38 heavy (non-hydrogen) atoms. The topological polar surface area (TPSA) is 49.4 Å². The van der Waals surface area contributed by atoms with Crippen molar-refractivity contribution < 1.29 is 9.59 Å². The molecule has 0 bridgehead atoms. The van der Waals surface area contributed by atoms with Gasteiger partial charge in [-0.25, -0.2) is 0 Å². The lowest BCUT2D eigenvalue weighted by Crippen LogP contribution is -2.54. The molecule has 0 aliphatic heterocycles. The maximum atomic E-state index is 14.0. The third-order valence-electron chi connectivity index (χ3n) is 6.69. The SMILES string of the molecule is Cc1cccc(CN(C(=O)CCc2cccc3ccccc23)[C@H](Cc2ccccc2)C(=O)NC(C)(C)C)c1. The van der Waals surface area contributed by atoms with Gasteiger partial charge in [-0.15, -0.1) is 0 Å². The van der Waals surface area contributed by atoms with Gasteiger partial charge in [0.1, 0.15) is 6.04 Å². The van der Waals surface area contributed by atoms with Gasteiger partial charge in [-0.1, -0.05) is 103 Å². The second kappa shape index (κ2) is 12.1. The van der Waals surface area contributed by atoms with Crippen molar-refractivity contribution in [3.63, 3.8) is 0 Å². The lowest BCUT2D eigenvalue weighted by molar-refractivity contribution is -0.141. The Balaban J connectivity index is 1.66. The van der Waals surface area contributed by atoms with Crippen LogP contribution in [0.2, 0.25) is 0 Å². The van der Waals surface area contributed by atoms with E-state index in [2.05, 4.69) is 35.6 Å². The number of nitrogens with zero attached hydrogens (tertiary/aromatic N) is 1. The van der Waals surface area contributed by atoms with Crippen LogP contribution < -0.4 is 5.32 Å². The lowest BCUT2D eigenvalue weighted by Gasteiger charge is -2.34. The molecule has 1 N–H and O–H groups in total. The monoisotopic (exact) mass is 506 g/mol. The zero-order valence-corrected chi connectivity index (χ0v) is 22.9. The van der Waals surface area contributed by atoms with Gasteiger partial charge in [0.2, 0.25) is 11.8 Å². The smallest absolute Gasteiger partial charge is 0.243 e. The highest BCUT2D eigenvalue weighted by atomic mass is 16.2. The summed E-state index contributed by atoms with van der Waals surface area (Å²) in [7, 11) is 0. The van der Waals surface area contributed by atoms with Crippen LogP contribution in [-0.2, 0) is 29.0 Å². The van der Waals surface area contributed by atoms with Gasteiger partial charge >= 0.3 is 0 Å². The van der Waals surface area contributed by atoms with E-state index >= 15 is 0 Å². The minimum Gasteiger partial charge on any atom is -0.350 e. The average Bonchev–Trinajstić information content (AvgIpc) is 2.89. The predicted octanol–water partition coefficient (Wildman–Crippen LogP) is 6.64. The molecular weight excluding hydrogens is 468 g/mol. The highest BCUT2D eigenvalue weighted by Crippen LogP contribution is 2.22. The number of rotatable bonds is 9. The zero-order chi connectivity index (χ0) is 27.1. The van der Waals surface area contributed by atoms with Crippen molar-refractivity contribution >= 4 is 22.6 Å². The van der Waals surface area contributed by atoms with Gasteiger partial charge in [-0.3, -0.25) is 9.59 Å². The van der Waals surface area contributed by atoms with E-state index < -0.39 is 11.6 Å². The number of hydrogen-bond donors (Lipinski definition) is 1. The van der Waals surface area contributed by atoms with Crippen LogP contribution in [0.1, 0.15) is 49.4 Å². The highest BCUT2D eigenvalue weighted by molar-refractivity contribution is 5.89. The molecule has 4 nitrogen and oxygen atoms in total. The second-order valence-electron chi connectivity index (χ2n) is 11.1. The minimum atomic E-state index is -0.628. The summed E-state index contributed by atoms with van der Waals surface area (Å²) in [5, 5.41) is 5.47. The van der Waals surface area contributed by atoms with E-state index in [4.69, 9.17) is 0 Å². The van der Waals surface area contributed by atoms with E-state index in [-0.39, 0.29) is 11.8 Å². The molecule has 2 amide bonds. The first-order valence-corrected chi connectivity index (χ1v) is 13.4. The van der Waals surface area contributed by atoms with Crippen molar-refractivity contribution in [1.29, 1.82) is 0 Å². The van der Waals surface area contributed by atoms with Gasteiger partial charge in [-0.2, -0.15) is 0 Å². The van der Waals surface area contributed by atoms with Crippen molar-refractivity contribution in [2.45, 2.75) is 65.1 Å². The summed E-state index contributed by atoms with van der Waals surface area (Å²) < 4.78 is 0. The Labute approximate surface area is 226 Å². The Kier molecular flexibility index (Phi) is 8.62. The Morgan fingerprint density at radius 3 is 2.21 bits per heavy atom. The molecule has 0 aliphatic rings. The summed E-state index contributed by atoms with van der Waals surface area (Å²) in [5.74, 6) is -0.156. The maximum Gasteiger partial charge on any atom is 0.243 e. The zero-order valence-electron chi connectivity index (χ0n) is 22.9. The molecule has 4 aromatic rings. The largest absolute Gasteiger partial charge is 0.350 e. The Hall–Kier alpha value is -3.92. The van der Waals surface area contributed by atoms with Gasteiger partial charge in [0.15, 0.2) is 0 Å². The molecule has 0 heterocycles. The van der Waals surface area contributed by atoms with E-state index in [1.165, 1.54) is 10.8 Å². The number of carbonyl (C=O) groups is 2. The van der Waals surface area contributed by atoms with Crippen molar-refractivity contribution in [1.82, 2.24) is 10.2 Å². The normalized spacial score (nSPS) is 12.2. The van der Waals surface area contributed by atoms with Crippen LogP contribution in [0, 0.1) is 6.92 Å². The first-order valence-electron chi connectivity index (χ1n) is 13.4. The number of aryl methyl sites for hydroxylation is 2. The Morgan fingerprint density at radius 2 is 1.47 bits per heavy atom. The molecule has 196 valence electrons. The van der Waals surface area contributed by atoms with Crippen LogP contribution in [0.3, 0.4) is 0 Å². The Morgan fingerprint density at radius 1 is 0.816 bits per heavy atom. The van der Waals surface area contributed by atoms with Crippen molar-refractivity contribution in [3.8, 4) is 0 Å². The molecule has 0 unspecified atom stereocenters. The molecule has 0 spiro atoms. The molecule has 0 saturated heterocycles.